The van der Waals surface area contributed by atoms with Gasteiger partial charge in [0.2, 0.25) is 0 Å². The van der Waals surface area contributed by atoms with Gasteiger partial charge in [0.1, 0.15) is 5.84 Å². The van der Waals surface area contributed by atoms with Gasteiger partial charge in [-0.2, -0.15) is 0 Å². The standard InChI is InChI=1S/C12H27N3/c1-4-7-9-15(10-8-5-2)11(6-3)12(13)14/h11H,4-10H2,1-3H3,(H3,13,14). The normalized spacial score (nSPS) is 13.1. The molecule has 3 N–H and O–H groups in total. The molecule has 15 heavy (non-hydrogen) atoms. The monoisotopic (exact) mass is 213 g/mol. The number of unbranched alkanes of at least 4 members (excludes halogenated alkanes) is 2. The fourth-order valence-electron chi connectivity index (χ4n) is 1.82. The van der Waals surface area contributed by atoms with Crippen LogP contribution in [0.15, 0.2) is 0 Å². The predicted molar refractivity (Wildman–Crippen MR) is 67.4 cm³/mol. The molecule has 0 saturated heterocycles. The molecule has 0 bridgehead atoms. The molecule has 0 amide bonds. The summed E-state index contributed by atoms with van der Waals surface area (Å²) in [7, 11) is 0. The third-order valence-corrected chi connectivity index (χ3v) is 2.78. The molecule has 0 rings (SSSR count). The first-order valence-corrected chi connectivity index (χ1v) is 6.25. The van der Waals surface area contributed by atoms with E-state index in [-0.39, 0.29) is 6.04 Å². The van der Waals surface area contributed by atoms with Crippen LogP contribution in [-0.4, -0.2) is 29.9 Å². The summed E-state index contributed by atoms with van der Waals surface area (Å²) < 4.78 is 0. The van der Waals surface area contributed by atoms with E-state index in [9.17, 15) is 0 Å². The highest BCUT2D eigenvalue weighted by Gasteiger charge is 2.17. The fourth-order valence-corrected chi connectivity index (χ4v) is 1.82. The van der Waals surface area contributed by atoms with Crippen LogP contribution in [0.3, 0.4) is 0 Å². The van der Waals surface area contributed by atoms with E-state index in [1.807, 2.05) is 0 Å². The van der Waals surface area contributed by atoms with E-state index in [4.69, 9.17) is 11.1 Å². The lowest BCUT2D eigenvalue weighted by molar-refractivity contribution is 0.228. The molecule has 0 fully saturated rings. The highest BCUT2D eigenvalue weighted by Crippen LogP contribution is 2.08. The lowest BCUT2D eigenvalue weighted by Gasteiger charge is -2.30. The van der Waals surface area contributed by atoms with Crippen LogP contribution in [0.25, 0.3) is 0 Å². The molecule has 0 radical (unpaired) electrons. The van der Waals surface area contributed by atoms with Crippen LogP contribution in [0.2, 0.25) is 0 Å². The van der Waals surface area contributed by atoms with E-state index in [0.717, 1.165) is 19.5 Å². The van der Waals surface area contributed by atoms with Crippen molar-refractivity contribution in [2.45, 2.75) is 58.9 Å². The molecule has 0 spiro atoms. The Morgan fingerprint density at radius 2 is 1.60 bits per heavy atom. The largest absolute Gasteiger partial charge is 0.386 e. The number of nitrogens with two attached hydrogens (primary N) is 1. The minimum absolute atomic E-state index is 0.156. The molecule has 0 aliphatic heterocycles. The summed E-state index contributed by atoms with van der Waals surface area (Å²) in [5, 5.41) is 7.59. The Morgan fingerprint density at radius 1 is 1.13 bits per heavy atom. The molecule has 3 heteroatoms. The molecule has 0 saturated carbocycles. The van der Waals surface area contributed by atoms with Crippen molar-refractivity contribution in [3.63, 3.8) is 0 Å². The van der Waals surface area contributed by atoms with Gasteiger partial charge in [0.25, 0.3) is 0 Å². The molecule has 0 aromatic rings. The van der Waals surface area contributed by atoms with Crippen LogP contribution in [0, 0.1) is 5.41 Å². The van der Waals surface area contributed by atoms with Crippen LogP contribution in [-0.2, 0) is 0 Å². The zero-order chi connectivity index (χ0) is 11.7. The average molecular weight is 213 g/mol. The summed E-state index contributed by atoms with van der Waals surface area (Å²) in [6.07, 6.45) is 5.76. The van der Waals surface area contributed by atoms with E-state index in [2.05, 4.69) is 25.7 Å². The highest BCUT2D eigenvalue weighted by atomic mass is 15.2. The molecule has 90 valence electrons. The van der Waals surface area contributed by atoms with Crippen molar-refractivity contribution in [2.24, 2.45) is 5.73 Å². The van der Waals surface area contributed by atoms with Gasteiger partial charge in [-0.15, -0.1) is 0 Å². The smallest absolute Gasteiger partial charge is 0.108 e. The van der Waals surface area contributed by atoms with Gasteiger partial charge in [-0.1, -0.05) is 33.6 Å². The molecule has 3 nitrogen and oxygen atoms in total. The maximum atomic E-state index is 7.59. The molecule has 0 aromatic heterocycles. The van der Waals surface area contributed by atoms with Gasteiger partial charge < -0.3 is 5.73 Å². The van der Waals surface area contributed by atoms with Gasteiger partial charge >= 0.3 is 0 Å². The van der Waals surface area contributed by atoms with Crippen LogP contribution in [0.5, 0.6) is 0 Å². The lowest BCUT2D eigenvalue weighted by Crippen LogP contribution is -2.44. The van der Waals surface area contributed by atoms with Crippen molar-refractivity contribution in [3.05, 3.63) is 0 Å². The van der Waals surface area contributed by atoms with Gasteiger partial charge in [-0.25, -0.2) is 0 Å². The van der Waals surface area contributed by atoms with Crippen LogP contribution >= 0.6 is 0 Å². The van der Waals surface area contributed by atoms with Gasteiger partial charge in [0.15, 0.2) is 0 Å². The summed E-state index contributed by atoms with van der Waals surface area (Å²) in [5.74, 6) is 0.324. The molecule has 0 aliphatic rings. The van der Waals surface area contributed by atoms with E-state index in [1.165, 1.54) is 25.7 Å². The Labute approximate surface area is 94.5 Å². The van der Waals surface area contributed by atoms with E-state index in [1.54, 1.807) is 0 Å². The summed E-state index contributed by atoms with van der Waals surface area (Å²) in [5.41, 5.74) is 5.63. The van der Waals surface area contributed by atoms with Gasteiger partial charge in [-0.3, -0.25) is 10.3 Å². The minimum Gasteiger partial charge on any atom is -0.386 e. The van der Waals surface area contributed by atoms with E-state index < -0.39 is 0 Å². The number of rotatable bonds is 9. The van der Waals surface area contributed by atoms with Crippen molar-refractivity contribution < 1.29 is 0 Å². The zero-order valence-corrected chi connectivity index (χ0v) is 10.6. The molecule has 0 aromatic carbocycles. The molecule has 1 atom stereocenters. The van der Waals surface area contributed by atoms with Crippen molar-refractivity contribution in [3.8, 4) is 0 Å². The van der Waals surface area contributed by atoms with Crippen molar-refractivity contribution in [2.75, 3.05) is 13.1 Å². The summed E-state index contributed by atoms with van der Waals surface area (Å²) in [4.78, 5) is 2.37. The molecular formula is C12H27N3. The quantitative estimate of drug-likeness (QED) is 0.457. The van der Waals surface area contributed by atoms with E-state index >= 15 is 0 Å². The molecule has 0 heterocycles. The number of amidine groups is 1. The molecule has 1 unspecified atom stereocenters. The van der Waals surface area contributed by atoms with Gasteiger partial charge in [-0.05, 0) is 32.4 Å². The number of nitrogens with one attached hydrogen (secondary N) is 1. The number of nitrogens with zero attached hydrogens (tertiary/aromatic N) is 1. The van der Waals surface area contributed by atoms with Crippen LogP contribution < -0.4 is 5.73 Å². The van der Waals surface area contributed by atoms with Crippen LogP contribution in [0.1, 0.15) is 52.9 Å². The second kappa shape index (κ2) is 8.72. The van der Waals surface area contributed by atoms with Gasteiger partial charge in [0.05, 0.1) is 6.04 Å². The van der Waals surface area contributed by atoms with Crippen molar-refractivity contribution in [1.82, 2.24) is 4.90 Å². The minimum atomic E-state index is 0.156. The highest BCUT2D eigenvalue weighted by molar-refractivity contribution is 5.82. The fraction of sp³-hybridized carbons (Fsp3) is 0.917. The third kappa shape index (κ3) is 5.78. The summed E-state index contributed by atoms with van der Waals surface area (Å²) in [6, 6.07) is 0.156. The summed E-state index contributed by atoms with van der Waals surface area (Å²) >= 11 is 0. The Hall–Kier alpha value is -0.570. The zero-order valence-electron chi connectivity index (χ0n) is 10.6. The average Bonchev–Trinajstić information content (AvgIpc) is 2.21. The lowest BCUT2D eigenvalue weighted by atomic mass is 10.1. The number of hydrogen-bond donors (Lipinski definition) is 2. The predicted octanol–water partition coefficient (Wildman–Crippen LogP) is 2.60. The van der Waals surface area contributed by atoms with Crippen molar-refractivity contribution >= 4 is 5.84 Å². The van der Waals surface area contributed by atoms with Crippen LogP contribution in [0.4, 0.5) is 0 Å². The van der Waals surface area contributed by atoms with Crippen molar-refractivity contribution in [1.29, 1.82) is 5.41 Å². The number of hydrogen-bond acceptors (Lipinski definition) is 2. The molecule has 0 aliphatic carbocycles. The SMILES string of the molecule is CCCCN(CCCC)C(CC)C(=N)N. The maximum Gasteiger partial charge on any atom is 0.108 e. The molecular weight excluding hydrogens is 186 g/mol. The second-order valence-corrected chi connectivity index (χ2v) is 4.12. The maximum absolute atomic E-state index is 7.59. The first-order valence-electron chi connectivity index (χ1n) is 6.25. The topological polar surface area (TPSA) is 53.1 Å². The first kappa shape index (κ1) is 14.4. The first-order chi connectivity index (χ1) is 7.17. The van der Waals surface area contributed by atoms with E-state index in [0.29, 0.717) is 5.84 Å². The Morgan fingerprint density at radius 3 is 1.87 bits per heavy atom. The van der Waals surface area contributed by atoms with Gasteiger partial charge in [0, 0.05) is 0 Å². The Kier molecular flexibility index (Phi) is 8.38. The Bertz CT molecular complexity index is 160. The third-order valence-electron chi connectivity index (χ3n) is 2.78. The Balaban J connectivity index is 4.22. The summed E-state index contributed by atoms with van der Waals surface area (Å²) in [6.45, 7) is 8.67. The second-order valence-electron chi connectivity index (χ2n) is 4.12.